The van der Waals surface area contributed by atoms with Gasteiger partial charge in [0.2, 0.25) is 0 Å². The Morgan fingerprint density at radius 2 is 2.55 bits per heavy atom. The van der Waals surface area contributed by atoms with Crippen LogP contribution >= 0.6 is 27.9 Å². The van der Waals surface area contributed by atoms with Crippen molar-refractivity contribution in [3.8, 4) is 0 Å². The topological polar surface area (TPSA) is 16.1 Å². The molecule has 0 fully saturated rings. The highest BCUT2D eigenvalue weighted by molar-refractivity contribution is 9.10. The van der Waals surface area contributed by atoms with E-state index in [1.54, 1.807) is 11.9 Å². The lowest BCUT2D eigenvalue weighted by atomic mass is 10.3. The average Bonchev–Trinajstić information content (AvgIpc) is 2.33. The molecular weight excluding hydrogens is 224 g/mol. The normalized spacial score (nSPS) is 15.3. The van der Waals surface area contributed by atoms with Gasteiger partial charge in [0.15, 0.2) is 0 Å². The summed E-state index contributed by atoms with van der Waals surface area (Å²) in [5.74, 6) is 0.999. The van der Waals surface area contributed by atoms with Gasteiger partial charge in [0.05, 0.1) is 17.1 Å². The molecule has 4 heteroatoms. The largest absolute Gasteiger partial charge is 0.317 e. The monoisotopic (exact) mass is 230 g/mol. The average molecular weight is 231 g/mol. The summed E-state index contributed by atoms with van der Waals surface area (Å²) in [6.45, 7) is 0. The highest BCUT2D eigenvalue weighted by atomic mass is 79.9. The van der Waals surface area contributed by atoms with Crippen molar-refractivity contribution in [1.29, 1.82) is 0 Å². The number of aromatic nitrogens is 1. The van der Waals surface area contributed by atoms with Crippen molar-refractivity contribution in [2.24, 2.45) is 0 Å². The fourth-order valence-corrected chi connectivity index (χ4v) is 2.22. The Morgan fingerprint density at radius 3 is 3.36 bits per heavy atom. The minimum atomic E-state index is 0.999. The molecule has 1 aliphatic heterocycles. The van der Waals surface area contributed by atoms with Crippen LogP contribution in [0.2, 0.25) is 0 Å². The molecule has 0 unspecified atom stereocenters. The summed E-state index contributed by atoms with van der Waals surface area (Å²) in [4.78, 5) is 4.30. The Hall–Kier alpha value is -0.220. The molecule has 1 aliphatic rings. The van der Waals surface area contributed by atoms with Gasteiger partial charge in [-0.25, -0.2) is 0 Å². The Balaban J connectivity index is 2.52. The quantitative estimate of drug-likeness (QED) is 0.638. The van der Waals surface area contributed by atoms with Crippen LogP contribution in [0.3, 0.4) is 0 Å². The molecule has 2 rings (SSSR count). The molecule has 0 spiro atoms. The molecule has 1 aromatic heterocycles. The first kappa shape index (κ1) is 7.43. The maximum absolute atomic E-state index is 4.30. The molecule has 0 aromatic carbocycles. The highest BCUT2D eigenvalue weighted by Crippen LogP contribution is 2.35. The van der Waals surface area contributed by atoms with Crippen LogP contribution in [0.15, 0.2) is 16.7 Å². The van der Waals surface area contributed by atoms with Gasteiger partial charge < -0.3 is 4.31 Å². The third-order valence-electron chi connectivity index (χ3n) is 1.65. The van der Waals surface area contributed by atoms with E-state index >= 15 is 0 Å². The van der Waals surface area contributed by atoms with Crippen LogP contribution in [0, 0.1) is 0 Å². The van der Waals surface area contributed by atoms with E-state index in [1.165, 1.54) is 11.4 Å². The summed E-state index contributed by atoms with van der Waals surface area (Å²) in [6.07, 6.45) is 1.85. The molecule has 0 saturated carbocycles. The molecule has 2 heterocycles. The highest BCUT2D eigenvalue weighted by Gasteiger charge is 2.17. The summed E-state index contributed by atoms with van der Waals surface area (Å²) in [5.41, 5.74) is 2.41. The van der Waals surface area contributed by atoms with Crippen LogP contribution < -0.4 is 4.31 Å². The number of hydrogen-bond donors (Lipinski definition) is 0. The lowest BCUT2D eigenvalue weighted by molar-refractivity contribution is 1.17. The summed E-state index contributed by atoms with van der Waals surface area (Å²) in [5, 5.41) is 0. The van der Waals surface area contributed by atoms with Crippen molar-refractivity contribution in [1.82, 2.24) is 4.98 Å². The van der Waals surface area contributed by atoms with E-state index in [0.717, 1.165) is 10.2 Å². The minimum Gasteiger partial charge on any atom is -0.317 e. The molecule has 58 valence electrons. The Bertz CT molecular complexity index is 290. The SMILES string of the molecule is CN1SCc2ncc(Br)cc21. The number of anilines is 1. The van der Waals surface area contributed by atoms with Crippen molar-refractivity contribution in [3.05, 3.63) is 22.4 Å². The van der Waals surface area contributed by atoms with Gasteiger partial charge in [-0.05, 0) is 33.9 Å². The van der Waals surface area contributed by atoms with Crippen molar-refractivity contribution in [3.63, 3.8) is 0 Å². The molecule has 1 aromatic rings. The second kappa shape index (κ2) is 2.68. The van der Waals surface area contributed by atoms with Gasteiger partial charge >= 0.3 is 0 Å². The van der Waals surface area contributed by atoms with Crippen molar-refractivity contribution >= 4 is 33.6 Å². The number of pyridine rings is 1. The van der Waals surface area contributed by atoms with Crippen LogP contribution in [0.5, 0.6) is 0 Å². The third kappa shape index (κ3) is 1.25. The fourth-order valence-electron chi connectivity index (χ4n) is 1.07. The number of rotatable bonds is 0. The van der Waals surface area contributed by atoms with Gasteiger partial charge in [0, 0.05) is 17.7 Å². The standard InChI is InChI=1S/C7H7BrN2S/c1-10-7-2-5(8)3-9-6(7)4-11-10/h2-3H,4H2,1H3. The predicted octanol–water partition coefficient (Wildman–Crippen LogP) is 2.44. The first-order valence-corrected chi connectivity index (χ1v) is 5.02. The van der Waals surface area contributed by atoms with E-state index in [4.69, 9.17) is 0 Å². The fraction of sp³-hybridized carbons (Fsp3) is 0.286. The smallest absolute Gasteiger partial charge is 0.0762 e. The van der Waals surface area contributed by atoms with Crippen LogP contribution in [0.25, 0.3) is 0 Å². The molecule has 0 N–H and O–H groups in total. The van der Waals surface area contributed by atoms with Crippen LogP contribution in [-0.4, -0.2) is 12.0 Å². The van der Waals surface area contributed by atoms with Gasteiger partial charge in [0.1, 0.15) is 0 Å². The first-order valence-electron chi connectivity index (χ1n) is 3.28. The summed E-state index contributed by atoms with van der Waals surface area (Å²) in [7, 11) is 2.06. The molecule has 0 radical (unpaired) electrons. The van der Waals surface area contributed by atoms with E-state index in [2.05, 4.69) is 38.3 Å². The van der Waals surface area contributed by atoms with E-state index in [0.29, 0.717) is 0 Å². The molecule has 0 atom stereocenters. The molecule has 0 saturated heterocycles. The van der Waals surface area contributed by atoms with Gasteiger partial charge in [-0.1, -0.05) is 0 Å². The predicted molar refractivity (Wildman–Crippen MR) is 51.6 cm³/mol. The number of halogens is 1. The van der Waals surface area contributed by atoms with Crippen LogP contribution in [0.4, 0.5) is 5.69 Å². The Labute approximate surface area is 78.3 Å². The molecule has 0 bridgehead atoms. The van der Waals surface area contributed by atoms with E-state index in [9.17, 15) is 0 Å². The van der Waals surface area contributed by atoms with E-state index in [1.807, 2.05) is 6.20 Å². The number of nitrogens with zero attached hydrogens (tertiary/aromatic N) is 2. The Morgan fingerprint density at radius 1 is 1.73 bits per heavy atom. The molecule has 0 amide bonds. The van der Waals surface area contributed by atoms with Gasteiger partial charge in [-0.3, -0.25) is 4.98 Å². The summed E-state index contributed by atoms with van der Waals surface area (Å²) >= 11 is 5.18. The van der Waals surface area contributed by atoms with E-state index in [-0.39, 0.29) is 0 Å². The minimum absolute atomic E-state index is 0.999. The molecule has 11 heavy (non-hydrogen) atoms. The lowest BCUT2D eigenvalue weighted by Crippen LogP contribution is -2.00. The van der Waals surface area contributed by atoms with Gasteiger partial charge in [-0.2, -0.15) is 0 Å². The second-order valence-electron chi connectivity index (χ2n) is 2.39. The first-order chi connectivity index (χ1) is 5.27. The molecule has 0 aliphatic carbocycles. The van der Waals surface area contributed by atoms with Crippen molar-refractivity contribution in [2.75, 3.05) is 11.4 Å². The lowest BCUT2D eigenvalue weighted by Gasteiger charge is -2.08. The zero-order valence-corrected chi connectivity index (χ0v) is 8.44. The number of fused-ring (bicyclic) bond motifs is 1. The van der Waals surface area contributed by atoms with Gasteiger partial charge in [0.25, 0.3) is 0 Å². The van der Waals surface area contributed by atoms with Crippen LogP contribution in [0.1, 0.15) is 5.69 Å². The van der Waals surface area contributed by atoms with Gasteiger partial charge in [-0.15, -0.1) is 0 Å². The zero-order valence-electron chi connectivity index (χ0n) is 6.04. The maximum atomic E-state index is 4.30. The summed E-state index contributed by atoms with van der Waals surface area (Å²) in [6, 6.07) is 2.10. The van der Waals surface area contributed by atoms with E-state index < -0.39 is 0 Å². The van der Waals surface area contributed by atoms with Crippen molar-refractivity contribution in [2.45, 2.75) is 5.75 Å². The molecular formula is C7H7BrN2S. The second-order valence-corrected chi connectivity index (χ2v) is 4.40. The molecule has 2 nitrogen and oxygen atoms in total. The van der Waals surface area contributed by atoms with Crippen molar-refractivity contribution < 1.29 is 0 Å². The summed E-state index contributed by atoms with van der Waals surface area (Å²) < 4.78 is 3.19. The third-order valence-corrected chi connectivity index (χ3v) is 3.07. The number of hydrogen-bond acceptors (Lipinski definition) is 3. The van der Waals surface area contributed by atoms with Crippen LogP contribution in [-0.2, 0) is 5.75 Å². The maximum Gasteiger partial charge on any atom is 0.0762 e. The Kier molecular flexibility index (Phi) is 1.81. The zero-order chi connectivity index (χ0) is 7.84.